The largest absolute Gasteiger partial charge is 0.394 e. The van der Waals surface area contributed by atoms with Crippen LogP contribution in [0, 0.1) is 0 Å². The second-order valence-electron chi connectivity index (χ2n) is 3.99. The molecule has 8 heteroatoms. The summed E-state index contributed by atoms with van der Waals surface area (Å²) < 4.78 is 31.0. The van der Waals surface area contributed by atoms with Crippen LogP contribution >= 0.6 is 0 Å². The number of ether oxygens (including phenoxy) is 1. The quantitative estimate of drug-likeness (QED) is 0.741. The Kier molecular flexibility index (Phi) is 3.48. The number of aliphatic hydroxyl groups is 1. The lowest BCUT2D eigenvalue weighted by atomic mass is 10.2. The van der Waals surface area contributed by atoms with Crippen molar-refractivity contribution in [2.24, 2.45) is 0 Å². The van der Waals surface area contributed by atoms with Crippen LogP contribution in [0.15, 0.2) is 17.3 Å². The predicted molar refractivity (Wildman–Crippen MR) is 58.8 cm³/mol. The topological polar surface area (TPSA) is 95.5 Å². The van der Waals surface area contributed by atoms with Gasteiger partial charge in [-0.2, -0.15) is 9.40 Å². The van der Waals surface area contributed by atoms with E-state index in [-0.39, 0.29) is 30.8 Å². The molecule has 0 bridgehead atoms. The van der Waals surface area contributed by atoms with Crippen molar-refractivity contribution < 1.29 is 18.3 Å². The van der Waals surface area contributed by atoms with Gasteiger partial charge in [-0.15, -0.1) is 0 Å². The van der Waals surface area contributed by atoms with Crippen LogP contribution in [-0.2, 0) is 14.8 Å². The molecule has 2 rings (SSSR count). The standard InChI is InChI=1S/C9H15N3O4S/c1-7-4-12(5-8(6-13)16-7)17(14,15)9-2-3-10-11-9/h2-3,7-8,13H,4-6H2,1H3,(H,10,11). The van der Waals surface area contributed by atoms with Gasteiger partial charge in [-0.25, -0.2) is 8.42 Å². The SMILES string of the molecule is CC1CN(S(=O)(=O)c2ccn[nH]2)CC(CO)O1. The van der Waals surface area contributed by atoms with Gasteiger partial charge < -0.3 is 9.84 Å². The van der Waals surface area contributed by atoms with E-state index in [1.54, 1.807) is 6.92 Å². The number of aromatic nitrogens is 2. The Balaban J connectivity index is 2.22. The molecular weight excluding hydrogens is 246 g/mol. The fourth-order valence-corrected chi connectivity index (χ4v) is 3.27. The minimum absolute atomic E-state index is 0.0586. The smallest absolute Gasteiger partial charge is 0.260 e. The van der Waals surface area contributed by atoms with E-state index in [1.165, 1.54) is 16.6 Å². The molecule has 1 aromatic rings. The van der Waals surface area contributed by atoms with Gasteiger partial charge in [0.1, 0.15) is 0 Å². The monoisotopic (exact) mass is 261 g/mol. The maximum Gasteiger partial charge on any atom is 0.260 e. The van der Waals surface area contributed by atoms with Crippen molar-refractivity contribution in [1.29, 1.82) is 0 Å². The fourth-order valence-electron chi connectivity index (χ4n) is 1.83. The average Bonchev–Trinajstić information content (AvgIpc) is 2.82. The van der Waals surface area contributed by atoms with Crippen LogP contribution in [0.3, 0.4) is 0 Å². The first-order chi connectivity index (χ1) is 8.04. The Labute approximate surface area is 99.4 Å². The lowest BCUT2D eigenvalue weighted by Gasteiger charge is -2.34. The van der Waals surface area contributed by atoms with Gasteiger partial charge in [-0.1, -0.05) is 0 Å². The van der Waals surface area contributed by atoms with Gasteiger partial charge in [-0.3, -0.25) is 5.10 Å². The zero-order valence-corrected chi connectivity index (χ0v) is 10.2. The Morgan fingerprint density at radius 3 is 3.00 bits per heavy atom. The molecule has 2 unspecified atom stereocenters. The van der Waals surface area contributed by atoms with Crippen molar-refractivity contribution in [3.63, 3.8) is 0 Å². The van der Waals surface area contributed by atoms with Crippen LogP contribution in [0.1, 0.15) is 6.92 Å². The van der Waals surface area contributed by atoms with Crippen molar-refractivity contribution >= 4 is 10.0 Å². The minimum atomic E-state index is -3.57. The molecule has 1 aliphatic rings. The Morgan fingerprint density at radius 2 is 2.41 bits per heavy atom. The maximum atomic E-state index is 12.2. The number of nitrogens with zero attached hydrogens (tertiary/aromatic N) is 2. The lowest BCUT2D eigenvalue weighted by Crippen LogP contribution is -2.50. The minimum Gasteiger partial charge on any atom is -0.394 e. The van der Waals surface area contributed by atoms with Crippen LogP contribution in [0.25, 0.3) is 0 Å². The molecule has 7 nitrogen and oxygen atoms in total. The summed E-state index contributed by atoms with van der Waals surface area (Å²) in [6.45, 7) is 2.01. The second kappa shape index (κ2) is 4.73. The molecule has 0 aliphatic carbocycles. The number of hydrogen-bond acceptors (Lipinski definition) is 5. The number of H-pyrrole nitrogens is 1. The summed E-state index contributed by atoms with van der Waals surface area (Å²) >= 11 is 0. The molecule has 1 saturated heterocycles. The summed E-state index contributed by atoms with van der Waals surface area (Å²) in [5, 5.41) is 15.2. The van der Waals surface area contributed by atoms with Gasteiger partial charge in [-0.05, 0) is 13.0 Å². The first-order valence-electron chi connectivity index (χ1n) is 5.30. The van der Waals surface area contributed by atoms with Gasteiger partial charge in [0.15, 0.2) is 5.03 Å². The number of sulfonamides is 1. The third kappa shape index (κ3) is 2.49. The summed E-state index contributed by atoms with van der Waals surface area (Å²) in [5.41, 5.74) is 0. The molecule has 1 aromatic heterocycles. The molecule has 0 spiro atoms. The number of nitrogens with one attached hydrogen (secondary N) is 1. The zero-order valence-electron chi connectivity index (χ0n) is 9.41. The van der Waals surface area contributed by atoms with Crippen LogP contribution in [-0.4, -0.2) is 59.9 Å². The molecule has 1 aliphatic heterocycles. The number of aromatic amines is 1. The van der Waals surface area contributed by atoms with Crippen LogP contribution in [0.5, 0.6) is 0 Å². The van der Waals surface area contributed by atoms with Gasteiger partial charge in [0.2, 0.25) is 0 Å². The van der Waals surface area contributed by atoms with Crippen molar-refractivity contribution in [2.45, 2.75) is 24.2 Å². The summed E-state index contributed by atoms with van der Waals surface area (Å²) in [4.78, 5) is 0. The van der Waals surface area contributed by atoms with Crippen molar-refractivity contribution in [3.05, 3.63) is 12.3 Å². The van der Waals surface area contributed by atoms with Crippen molar-refractivity contribution in [2.75, 3.05) is 19.7 Å². The van der Waals surface area contributed by atoms with E-state index >= 15 is 0 Å². The van der Waals surface area contributed by atoms with Gasteiger partial charge in [0.05, 0.1) is 25.0 Å². The zero-order chi connectivity index (χ0) is 12.5. The third-order valence-corrected chi connectivity index (χ3v) is 4.35. The number of rotatable bonds is 3. The molecule has 2 atom stereocenters. The van der Waals surface area contributed by atoms with Crippen molar-refractivity contribution in [1.82, 2.24) is 14.5 Å². The van der Waals surface area contributed by atoms with E-state index in [1.807, 2.05) is 0 Å². The molecular formula is C9H15N3O4S. The van der Waals surface area contributed by atoms with E-state index in [4.69, 9.17) is 9.84 Å². The summed E-state index contributed by atoms with van der Waals surface area (Å²) in [7, 11) is -3.57. The Hall–Kier alpha value is -0.960. The number of morpholine rings is 1. The first kappa shape index (κ1) is 12.5. The lowest BCUT2D eigenvalue weighted by molar-refractivity contribution is -0.0751. The first-order valence-corrected chi connectivity index (χ1v) is 6.74. The van der Waals surface area contributed by atoms with Crippen LogP contribution < -0.4 is 0 Å². The van der Waals surface area contributed by atoms with E-state index in [0.717, 1.165) is 0 Å². The highest BCUT2D eigenvalue weighted by molar-refractivity contribution is 7.89. The van der Waals surface area contributed by atoms with Gasteiger partial charge >= 0.3 is 0 Å². The Bertz CT molecular complexity index is 459. The molecule has 2 N–H and O–H groups in total. The molecule has 17 heavy (non-hydrogen) atoms. The summed E-state index contributed by atoms with van der Waals surface area (Å²) in [6.07, 6.45) is 0.676. The van der Waals surface area contributed by atoms with Crippen molar-refractivity contribution in [3.8, 4) is 0 Å². The highest BCUT2D eigenvalue weighted by Gasteiger charge is 2.34. The fraction of sp³-hybridized carbons (Fsp3) is 0.667. The molecule has 96 valence electrons. The molecule has 2 heterocycles. The molecule has 0 amide bonds. The van der Waals surface area contributed by atoms with Crippen LogP contribution in [0.4, 0.5) is 0 Å². The van der Waals surface area contributed by atoms with E-state index in [2.05, 4.69) is 10.2 Å². The molecule has 1 fully saturated rings. The van der Waals surface area contributed by atoms with Gasteiger partial charge in [0, 0.05) is 13.1 Å². The van der Waals surface area contributed by atoms with Crippen LogP contribution in [0.2, 0.25) is 0 Å². The Morgan fingerprint density at radius 1 is 1.65 bits per heavy atom. The van der Waals surface area contributed by atoms with E-state index in [9.17, 15) is 8.42 Å². The third-order valence-electron chi connectivity index (χ3n) is 2.59. The molecule has 0 radical (unpaired) electrons. The summed E-state index contributed by atoms with van der Waals surface area (Å²) in [5.74, 6) is 0. The molecule has 0 aromatic carbocycles. The van der Waals surface area contributed by atoms with E-state index < -0.39 is 16.1 Å². The maximum absolute atomic E-state index is 12.2. The number of aliphatic hydroxyl groups excluding tert-OH is 1. The second-order valence-corrected chi connectivity index (χ2v) is 5.90. The molecule has 0 saturated carbocycles. The average molecular weight is 261 g/mol. The number of hydrogen-bond donors (Lipinski definition) is 2. The normalized spacial score (nSPS) is 27.2. The summed E-state index contributed by atoms with van der Waals surface area (Å²) in [6, 6.07) is 1.41. The van der Waals surface area contributed by atoms with Gasteiger partial charge in [0.25, 0.3) is 10.0 Å². The predicted octanol–water partition coefficient (Wildman–Crippen LogP) is -0.820. The highest BCUT2D eigenvalue weighted by Crippen LogP contribution is 2.19. The highest BCUT2D eigenvalue weighted by atomic mass is 32.2. The van der Waals surface area contributed by atoms with E-state index in [0.29, 0.717) is 0 Å².